The van der Waals surface area contributed by atoms with Crippen molar-refractivity contribution in [1.29, 1.82) is 0 Å². The van der Waals surface area contributed by atoms with Crippen molar-refractivity contribution in [2.24, 2.45) is 0 Å². The highest BCUT2D eigenvalue weighted by atomic mass is 35.5. The van der Waals surface area contributed by atoms with Gasteiger partial charge in [-0.15, -0.1) is 12.4 Å². The predicted molar refractivity (Wildman–Crippen MR) is 68.4 cm³/mol. The van der Waals surface area contributed by atoms with Crippen molar-refractivity contribution in [3.05, 3.63) is 17.7 Å². The van der Waals surface area contributed by atoms with Crippen LogP contribution in [0.2, 0.25) is 0 Å². The van der Waals surface area contributed by atoms with Crippen molar-refractivity contribution in [2.45, 2.75) is 18.9 Å². The number of phenolic OH excluding ortho intramolecular Hbond substituents is 1. The van der Waals surface area contributed by atoms with Gasteiger partial charge in [-0.25, -0.2) is 0 Å². The van der Waals surface area contributed by atoms with E-state index in [9.17, 15) is 5.11 Å². The third-order valence-electron chi connectivity index (χ3n) is 2.96. The van der Waals surface area contributed by atoms with E-state index in [-0.39, 0.29) is 24.2 Å². The molecule has 1 saturated heterocycles. The number of halogens is 1. The summed E-state index contributed by atoms with van der Waals surface area (Å²) in [6, 6.07) is 3.60. The van der Waals surface area contributed by atoms with Gasteiger partial charge in [0.05, 0.1) is 19.8 Å². The molecule has 1 heterocycles. The lowest BCUT2D eigenvalue weighted by molar-refractivity contribution is 0.372. The minimum Gasteiger partial charge on any atom is -0.507 e. The molecular formula is C12H18ClNO3. The van der Waals surface area contributed by atoms with Crippen LogP contribution in [-0.4, -0.2) is 25.9 Å². The maximum Gasteiger partial charge on any atom is 0.131 e. The Bertz CT molecular complexity index is 378. The highest BCUT2D eigenvalue weighted by Crippen LogP contribution is 2.40. The zero-order valence-corrected chi connectivity index (χ0v) is 10.8. The summed E-state index contributed by atoms with van der Waals surface area (Å²) < 4.78 is 10.4. The third kappa shape index (κ3) is 2.76. The van der Waals surface area contributed by atoms with Gasteiger partial charge in [-0.1, -0.05) is 0 Å². The molecule has 0 bridgehead atoms. The van der Waals surface area contributed by atoms with Crippen molar-refractivity contribution in [2.75, 3.05) is 20.8 Å². The molecule has 4 nitrogen and oxygen atoms in total. The van der Waals surface area contributed by atoms with Gasteiger partial charge >= 0.3 is 0 Å². The summed E-state index contributed by atoms with van der Waals surface area (Å²) in [5.41, 5.74) is 0.834. The summed E-state index contributed by atoms with van der Waals surface area (Å²) in [6.45, 7) is 0.985. The van der Waals surface area contributed by atoms with E-state index in [1.807, 2.05) is 0 Å². The van der Waals surface area contributed by atoms with E-state index in [4.69, 9.17) is 9.47 Å². The van der Waals surface area contributed by atoms with Gasteiger partial charge in [0.15, 0.2) is 0 Å². The number of ether oxygens (including phenoxy) is 2. The van der Waals surface area contributed by atoms with E-state index in [0.717, 1.165) is 24.9 Å². The van der Waals surface area contributed by atoms with Crippen molar-refractivity contribution >= 4 is 12.4 Å². The van der Waals surface area contributed by atoms with Crippen LogP contribution in [0.4, 0.5) is 0 Å². The average molecular weight is 260 g/mol. The zero-order chi connectivity index (χ0) is 11.5. The van der Waals surface area contributed by atoms with Gasteiger partial charge in [-0.3, -0.25) is 0 Å². The Morgan fingerprint density at radius 3 is 2.59 bits per heavy atom. The van der Waals surface area contributed by atoms with Crippen LogP contribution in [0.25, 0.3) is 0 Å². The summed E-state index contributed by atoms with van der Waals surface area (Å²) >= 11 is 0. The first-order valence-electron chi connectivity index (χ1n) is 5.44. The monoisotopic (exact) mass is 259 g/mol. The highest BCUT2D eigenvalue weighted by Gasteiger charge is 2.24. The maximum absolute atomic E-state index is 9.99. The van der Waals surface area contributed by atoms with Crippen LogP contribution in [0.15, 0.2) is 12.1 Å². The van der Waals surface area contributed by atoms with E-state index < -0.39 is 0 Å². The van der Waals surface area contributed by atoms with E-state index in [1.165, 1.54) is 0 Å². The minimum absolute atomic E-state index is 0. The number of benzene rings is 1. The maximum atomic E-state index is 9.99. The molecule has 0 unspecified atom stereocenters. The van der Waals surface area contributed by atoms with Crippen molar-refractivity contribution in [3.8, 4) is 17.2 Å². The molecular weight excluding hydrogens is 242 g/mol. The molecule has 96 valence electrons. The van der Waals surface area contributed by atoms with Crippen LogP contribution in [0.5, 0.6) is 17.2 Å². The Morgan fingerprint density at radius 2 is 2.06 bits per heavy atom. The van der Waals surface area contributed by atoms with Gasteiger partial charge < -0.3 is 19.9 Å². The Balaban J connectivity index is 0.00000144. The summed E-state index contributed by atoms with van der Waals surface area (Å²) in [7, 11) is 3.17. The van der Waals surface area contributed by atoms with Crippen LogP contribution in [0.3, 0.4) is 0 Å². The molecule has 0 radical (unpaired) electrons. The summed E-state index contributed by atoms with van der Waals surface area (Å²) in [6.07, 6.45) is 2.15. The molecule has 17 heavy (non-hydrogen) atoms. The number of phenols is 1. The van der Waals surface area contributed by atoms with E-state index in [0.29, 0.717) is 11.5 Å². The van der Waals surface area contributed by atoms with Crippen molar-refractivity contribution in [3.63, 3.8) is 0 Å². The van der Waals surface area contributed by atoms with Crippen LogP contribution < -0.4 is 14.8 Å². The molecule has 1 atom stereocenters. The molecule has 0 aromatic heterocycles. The second-order valence-electron chi connectivity index (χ2n) is 3.91. The number of hydrogen-bond acceptors (Lipinski definition) is 4. The summed E-state index contributed by atoms with van der Waals surface area (Å²) in [5, 5.41) is 13.3. The standard InChI is InChI=1S/C12H17NO3.ClH/c1-15-8-6-10(14)12(11(7-8)16-2)9-4-3-5-13-9;/h6-7,9,13-14H,3-5H2,1-2H3;1H/t9-;/m1./s1. The third-order valence-corrected chi connectivity index (χ3v) is 2.96. The minimum atomic E-state index is 0. The largest absolute Gasteiger partial charge is 0.507 e. The molecule has 1 aliphatic rings. The van der Waals surface area contributed by atoms with E-state index >= 15 is 0 Å². The van der Waals surface area contributed by atoms with Gasteiger partial charge in [0.25, 0.3) is 0 Å². The molecule has 0 aliphatic carbocycles. The van der Waals surface area contributed by atoms with Crippen LogP contribution in [0.1, 0.15) is 24.4 Å². The first kappa shape index (κ1) is 13.9. The molecule has 1 aliphatic heterocycles. The normalized spacial score (nSPS) is 18.6. The van der Waals surface area contributed by atoms with Crippen LogP contribution in [-0.2, 0) is 0 Å². The lowest BCUT2D eigenvalue weighted by Crippen LogP contribution is -2.14. The molecule has 1 aromatic carbocycles. The topological polar surface area (TPSA) is 50.7 Å². The SMILES string of the molecule is COc1cc(O)c([C@H]2CCCN2)c(OC)c1.Cl. The number of nitrogens with one attached hydrogen (secondary N) is 1. The summed E-state index contributed by atoms with van der Waals surface area (Å²) in [4.78, 5) is 0. The number of rotatable bonds is 3. The fourth-order valence-corrected chi connectivity index (χ4v) is 2.16. The molecule has 0 saturated carbocycles. The fourth-order valence-electron chi connectivity index (χ4n) is 2.16. The molecule has 2 N–H and O–H groups in total. The van der Waals surface area contributed by atoms with Gasteiger partial charge in [-0.2, -0.15) is 0 Å². The van der Waals surface area contributed by atoms with E-state index in [2.05, 4.69) is 5.32 Å². The second-order valence-corrected chi connectivity index (χ2v) is 3.91. The van der Waals surface area contributed by atoms with Crippen LogP contribution in [0, 0.1) is 0 Å². The summed E-state index contributed by atoms with van der Waals surface area (Å²) in [5.74, 6) is 1.52. The van der Waals surface area contributed by atoms with Gasteiger partial charge in [0.1, 0.15) is 17.2 Å². The number of aromatic hydroxyl groups is 1. The Morgan fingerprint density at radius 1 is 1.29 bits per heavy atom. The Kier molecular flexibility index (Phi) is 4.90. The predicted octanol–water partition coefficient (Wildman–Crippen LogP) is 2.26. The quantitative estimate of drug-likeness (QED) is 0.874. The molecule has 0 spiro atoms. The lowest BCUT2D eigenvalue weighted by Gasteiger charge is -2.17. The average Bonchev–Trinajstić information content (AvgIpc) is 2.81. The zero-order valence-electron chi connectivity index (χ0n) is 10.0. The second kappa shape index (κ2) is 5.98. The van der Waals surface area contributed by atoms with Crippen LogP contribution >= 0.6 is 12.4 Å². The first-order valence-corrected chi connectivity index (χ1v) is 5.44. The lowest BCUT2D eigenvalue weighted by atomic mass is 10.0. The molecule has 5 heteroatoms. The van der Waals surface area contributed by atoms with Gasteiger partial charge in [0.2, 0.25) is 0 Å². The molecule has 1 fully saturated rings. The molecule has 1 aromatic rings. The Labute approximate surface area is 107 Å². The van der Waals surface area contributed by atoms with Crippen molar-refractivity contribution in [1.82, 2.24) is 5.32 Å². The molecule has 2 rings (SSSR count). The fraction of sp³-hybridized carbons (Fsp3) is 0.500. The number of hydrogen-bond donors (Lipinski definition) is 2. The Hall–Kier alpha value is -1.13. The highest BCUT2D eigenvalue weighted by molar-refractivity contribution is 5.85. The molecule has 0 amide bonds. The number of methoxy groups -OCH3 is 2. The van der Waals surface area contributed by atoms with E-state index in [1.54, 1.807) is 26.4 Å². The van der Waals surface area contributed by atoms with Gasteiger partial charge in [-0.05, 0) is 19.4 Å². The van der Waals surface area contributed by atoms with Gasteiger partial charge in [0, 0.05) is 18.2 Å². The first-order chi connectivity index (χ1) is 7.76. The van der Waals surface area contributed by atoms with Crippen molar-refractivity contribution < 1.29 is 14.6 Å². The smallest absolute Gasteiger partial charge is 0.131 e.